The second kappa shape index (κ2) is 5.43. The summed E-state index contributed by atoms with van der Waals surface area (Å²) in [4.78, 5) is 5.82. The zero-order chi connectivity index (χ0) is 13.9. The van der Waals surface area contributed by atoms with Gasteiger partial charge < -0.3 is 11.1 Å². The topological polar surface area (TPSA) is 50.9 Å². The van der Waals surface area contributed by atoms with E-state index in [1.807, 2.05) is 42.5 Å². The van der Waals surface area contributed by atoms with Gasteiger partial charge in [0.25, 0.3) is 0 Å². The third-order valence-electron chi connectivity index (χ3n) is 3.06. The van der Waals surface area contributed by atoms with Gasteiger partial charge in [-0.2, -0.15) is 0 Å². The van der Waals surface area contributed by atoms with Gasteiger partial charge >= 0.3 is 0 Å². The van der Waals surface area contributed by atoms with Crippen molar-refractivity contribution in [1.29, 1.82) is 0 Å². The number of benzene rings is 2. The predicted molar refractivity (Wildman–Crippen MR) is 87.7 cm³/mol. The third-order valence-corrected chi connectivity index (χ3v) is 3.78. The lowest BCUT2D eigenvalue weighted by Crippen LogP contribution is -1.94. The molecule has 0 bridgehead atoms. The smallest absolute Gasteiger partial charge is 0.131 e. The highest BCUT2D eigenvalue weighted by Gasteiger charge is 2.00. The summed E-state index contributed by atoms with van der Waals surface area (Å²) in [7, 11) is 0. The Labute approximate surface area is 122 Å². The molecule has 20 heavy (non-hydrogen) atoms. The van der Waals surface area contributed by atoms with E-state index in [1.165, 1.54) is 4.90 Å². The Morgan fingerprint density at radius 2 is 1.95 bits per heavy atom. The number of anilines is 3. The predicted octanol–water partition coefficient (Wildman–Crippen LogP) is 4.28. The first-order valence-corrected chi connectivity index (χ1v) is 7.54. The van der Waals surface area contributed by atoms with Gasteiger partial charge in [-0.1, -0.05) is 6.07 Å². The fraction of sp³-hybridized carbons (Fsp3) is 0.0625. The molecule has 0 saturated carbocycles. The molecule has 0 fully saturated rings. The van der Waals surface area contributed by atoms with Crippen LogP contribution in [0.4, 0.5) is 17.2 Å². The molecule has 1 aromatic heterocycles. The van der Waals surface area contributed by atoms with Crippen LogP contribution in [0, 0.1) is 0 Å². The van der Waals surface area contributed by atoms with Crippen molar-refractivity contribution in [2.45, 2.75) is 4.90 Å². The Bertz CT molecular complexity index is 756. The minimum absolute atomic E-state index is 0.757. The number of aromatic nitrogens is 1. The zero-order valence-electron chi connectivity index (χ0n) is 11.1. The summed E-state index contributed by atoms with van der Waals surface area (Å²) < 4.78 is 0. The van der Waals surface area contributed by atoms with E-state index in [-0.39, 0.29) is 0 Å². The quantitative estimate of drug-likeness (QED) is 0.555. The maximum absolute atomic E-state index is 5.77. The molecule has 0 aliphatic rings. The lowest BCUT2D eigenvalue weighted by atomic mass is 10.2. The van der Waals surface area contributed by atoms with Crippen LogP contribution in [0.5, 0.6) is 0 Å². The summed E-state index contributed by atoms with van der Waals surface area (Å²) in [5, 5.41) is 4.38. The van der Waals surface area contributed by atoms with Gasteiger partial charge in [0.15, 0.2) is 0 Å². The number of nitrogens with one attached hydrogen (secondary N) is 1. The first-order valence-electron chi connectivity index (χ1n) is 6.32. The third kappa shape index (κ3) is 2.70. The molecular weight excluding hydrogens is 266 g/mol. The van der Waals surface area contributed by atoms with E-state index in [0.717, 1.165) is 28.1 Å². The molecule has 3 rings (SSSR count). The first-order chi connectivity index (χ1) is 9.74. The SMILES string of the molecule is CSc1cccc(Nc2ccc3cc(N)ccc3n2)c1. The summed E-state index contributed by atoms with van der Waals surface area (Å²) in [5.41, 5.74) is 8.51. The molecule has 3 nitrogen and oxygen atoms in total. The molecular formula is C16H15N3S. The number of pyridine rings is 1. The number of nitrogen functional groups attached to an aromatic ring is 1. The number of rotatable bonds is 3. The molecule has 100 valence electrons. The van der Waals surface area contributed by atoms with Crippen molar-refractivity contribution < 1.29 is 0 Å². The molecule has 3 N–H and O–H groups in total. The molecule has 0 unspecified atom stereocenters. The van der Waals surface area contributed by atoms with Crippen LogP contribution < -0.4 is 11.1 Å². The van der Waals surface area contributed by atoms with E-state index in [1.54, 1.807) is 11.8 Å². The van der Waals surface area contributed by atoms with Gasteiger partial charge in [-0.05, 0) is 54.8 Å². The van der Waals surface area contributed by atoms with Crippen molar-refractivity contribution in [3.63, 3.8) is 0 Å². The summed E-state index contributed by atoms with van der Waals surface area (Å²) >= 11 is 1.72. The molecule has 0 saturated heterocycles. The summed E-state index contributed by atoms with van der Waals surface area (Å²) in [6.45, 7) is 0. The van der Waals surface area contributed by atoms with Crippen molar-refractivity contribution >= 4 is 39.9 Å². The number of fused-ring (bicyclic) bond motifs is 1. The maximum atomic E-state index is 5.77. The zero-order valence-corrected chi connectivity index (χ0v) is 11.9. The molecule has 2 aromatic carbocycles. The Morgan fingerprint density at radius 1 is 1.05 bits per heavy atom. The van der Waals surface area contributed by atoms with Crippen LogP contribution in [0.2, 0.25) is 0 Å². The average Bonchev–Trinajstić information content (AvgIpc) is 2.47. The fourth-order valence-corrected chi connectivity index (χ4v) is 2.52. The molecule has 0 radical (unpaired) electrons. The largest absolute Gasteiger partial charge is 0.399 e. The van der Waals surface area contributed by atoms with Crippen LogP contribution in [0.1, 0.15) is 0 Å². The number of nitrogens with zero attached hydrogens (tertiary/aromatic N) is 1. The first kappa shape index (κ1) is 12.8. The standard InChI is InChI=1S/C16H15N3S/c1-20-14-4-2-3-13(10-14)18-16-8-5-11-9-12(17)6-7-15(11)19-16/h2-10H,17H2,1H3,(H,18,19). The van der Waals surface area contributed by atoms with Crippen LogP contribution in [-0.4, -0.2) is 11.2 Å². The van der Waals surface area contributed by atoms with Crippen molar-refractivity contribution in [2.24, 2.45) is 0 Å². The van der Waals surface area contributed by atoms with Gasteiger partial charge in [0, 0.05) is 21.7 Å². The summed E-state index contributed by atoms with van der Waals surface area (Å²) in [6.07, 6.45) is 2.07. The van der Waals surface area contributed by atoms with E-state index in [2.05, 4.69) is 28.7 Å². The van der Waals surface area contributed by atoms with E-state index >= 15 is 0 Å². The number of hydrogen-bond acceptors (Lipinski definition) is 4. The molecule has 4 heteroatoms. The average molecular weight is 281 g/mol. The van der Waals surface area contributed by atoms with E-state index in [4.69, 9.17) is 5.73 Å². The van der Waals surface area contributed by atoms with Crippen LogP contribution in [0.25, 0.3) is 10.9 Å². The van der Waals surface area contributed by atoms with Crippen molar-refractivity contribution in [3.8, 4) is 0 Å². The Morgan fingerprint density at radius 3 is 2.80 bits per heavy atom. The number of nitrogens with two attached hydrogens (primary N) is 1. The molecule has 0 amide bonds. The van der Waals surface area contributed by atoms with Crippen LogP contribution in [0.15, 0.2) is 59.5 Å². The van der Waals surface area contributed by atoms with Gasteiger partial charge in [0.1, 0.15) is 5.82 Å². The lowest BCUT2D eigenvalue weighted by molar-refractivity contribution is 1.35. The van der Waals surface area contributed by atoms with Crippen LogP contribution >= 0.6 is 11.8 Å². The van der Waals surface area contributed by atoms with Gasteiger partial charge in [-0.3, -0.25) is 0 Å². The number of hydrogen-bond donors (Lipinski definition) is 2. The Balaban J connectivity index is 1.92. The maximum Gasteiger partial charge on any atom is 0.131 e. The van der Waals surface area contributed by atoms with E-state index in [9.17, 15) is 0 Å². The minimum atomic E-state index is 0.757. The van der Waals surface area contributed by atoms with E-state index < -0.39 is 0 Å². The van der Waals surface area contributed by atoms with Crippen molar-refractivity contribution in [2.75, 3.05) is 17.3 Å². The monoisotopic (exact) mass is 281 g/mol. The van der Waals surface area contributed by atoms with Gasteiger partial charge in [0.2, 0.25) is 0 Å². The van der Waals surface area contributed by atoms with Crippen LogP contribution in [0.3, 0.4) is 0 Å². The summed E-state index contributed by atoms with van der Waals surface area (Å²) in [5.74, 6) is 0.834. The highest BCUT2D eigenvalue weighted by molar-refractivity contribution is 7.98. The second-order valence-electron chi connectivity index (χ2n) is 4.51. The second-order valence-corrected chi connectivity index (χ2v) is 5.39. The van der Waals surface area contributed by atoms with Gasteiger partial charge in [0.05, 0.1) is 5.52 Å². The minimum Gasteiger partial charge on any atom is -0.399 e. The van der Waals surface area contributed by atoms with Gasteiger partial charge in [-0.15, -0.1) is 11.8 Å². The molecule has 0 aliphatic heterocycles. The molecule has 0 spiro atoms. The fourth-order valence-electron chi connectivity index (χ4n) is 2.06. The highest BCUT2D eigenvalue weighted by atomic mass is 32.2. The molecule has 1 heterocycles. The number of thioether (sulfide) groups is 1. The lowest BCUT2D eigenvalue weighted by Gasteiger charge is -2.08. The van der Waals surface area contributed by atoms with Gasteiger partial charge in [-0.25, -0.2) is 4.98 Å². The molecule has 3 aromatic rings. The normalized spacial score (nSPS) is 10.7. The van der Waals surface area contributed by atoms with Crippen LogP contribution in [-0.2, 0) is 0 Å². The Hall–Kier alpha value is -2.20. The molecule has 0 aliphatic carbocycles. The molecule has 0 atom stereocenters. The summed E-state index contributed by atoms with van der Waals surface area (Å²) in [6, 6.07) is 18.0. The Kier molecular flexibility index (Phi) is 3.48. The highest BCUT2D eigenvalue weighted by Crippen LogP contribution is 2.23. The van der Waals surface area contributed by atoms with E-state index in [0.29, 0.717) is 0 Å². The van der Waals surface area contributed by atoms with Crippen molar-refractivity contribution in [3.05, 3.63) is 54.6 Å². The van der Waals surface area contributed by atoms with Crippen molar-refractivity contribution in [1.82, 2.24) is 4.98 Å².